The van der Waals surface area contributed by atoms with E-state index in [2.05, 4.69) is 39.9 Å². The molecule has 0 aromatic heterocycles. The first-order chi connectivity index (χ1) is 13.7. The molecule has 4 rings (SSSR count). The SMILES string of the molecule is CN=C(NCCc1cc(F)cc2c1OCOC2)NCC1CCc2ccccc21.I. The van der Waals surface area contributed by atoms with Crippen LogP contribution in [0.15, 0.2) is 41.4 Å². The van der Waals surface area contributed by atoms with Crippen LogP contribution in [-0.2, 0) is 24.2 Å². The second-order valence-corrected chi connectivity index (χ2v) is 7.23. The Labute approximate surface area is 188 Å². The van der Waals surface area contributed by atoms with Crippen LogP contribution in [0.1, 0.15) is 34.6 Å². The molecule has 1 atom stereocenters. The summed E-state index contributed by atoms with van der Waals surface area (Å²) in [5.41, 5.74) is 4.52. The van der Waals surface area contributed by atoms with Crippen molar-refractivity contribution in [3.63, 3.8) is 0 Å². The zero-order chi connectivity index (χ0) is 19.3. The minimum Gasteiger partial charge on any atom is -0.467 e. The highest BCUT2D eigenvalue weighted by Gasteiger charge is 2.22. The third-order valence-corrected chi connectivity index (χ3v) is 5.44. The van der Waals surface area contributed by atoms with E-state index in [1.165, 1.54) is 23.3 Å². The van der Waals surface area contributed by atoms with Crippen molar-refractivity contribution < 1.29 is 13.9 Å². The van der Waals surface area contributed by atoms with E-state index >= 15 is 0 Å². The van der Waals surface area contributed by atoms with Gasteiger partial charge < -0.3 is 20.1 Å². The molecule has 1 aliphatic heterocycles. The number of benzene rings is 2. The second-order valence-electron chi connectivity index (χ2n) is 7.23. The quantitative estimate of drug-likeness (QED) is 0.365. The number of aryl methyl sites for hydroxylation is 1. The number of fused-ring (bicyclic) bond motifs is 2. The molecule has 0 amide bonds. The van der Waals surface area contributed by atoms with Crippen molar-refractivity contribution in [1.29, 1.82) is 0 Å². The number of halogens is 2. The van der Waals surface area contributed by atoms with Crippen molar-refractivity contribution in [2.45, 2.75) is 31.8 Å². The predicted octanol–water partition coefficient (Wildman–Crippen LogP) is 3.75. The Morgan fingerprint density at radius 3 is 2.93 bits per heavy atom. The van der Waals surface area contributed by atoms with E-state index in [1.807, 2.05) is 0 Å². The second kappa shape index (κ2) is 10.2. The molecular formula is C22H27FIN3O2. The van der Waals surface area contributed by atoms with Gasteiger partial charge in [-0.2, -0.15) is 0 Å². The molecule has 0 saturated heterocycles. The smallest absolute Gasteiger partial charge is 0.191 e. The first-order valence-corrected chi connectivity index (χ1v) is 9.78. The van der Waals surface area contributed by atoms with Crippen molar-refractivity contribution >= 4 is 29.9 Å². The minimum atomic E-state index is -0.259. The van der Waals surface area contributed by atoms with Crippen LogP contribution < -0.4 is 15.4 Å². The number of hydrogen-bond acceptors (Lipinski definition) is 3. The Bertz CT molecular complexity index is 875. The van der Waals surface area contributed by atoms with Gasteiger partial charge in [0.15, 0.2) is 12.8 Å². The predicted molar refractivity (Wildman–Crippen MR) is 123 cm³/mol. The summed E-state index contributed by atoms with van der Waals surface area (Å²) in [6.45, 7) is 2.10. The lowest BCUT2D eigenvalue weighted by Crippen LogP contribution is -2.40. The van der Waals surface area contributed by atoms with Crippen LogP contribution in [0.5, 0.6) is 5.75 Å². The molecule has 1 unspecified atom stereocenters. The molecule has 2 aliphatic rings. The average Bonchev–Trinajstić information content (AvgIpc) is 3.13. The Morgan fingerprint density at radius 2 is 2.07 bits per heavy atom. The molecule has 0 fully saturated rings. The number of guanidine groups is 1. The van der Waals surface area contributed by atoms with Gasteiger partial charge in [-0.25, -0.2) is 4.39 Å². The van der Waals surface area contributed by atoms with Gasteiger partial charge in [0.05, 0.1) is 6.61 Å². The summed E-state index contributed by atoms with van der Waals surface area (Å²) in [5.74, 6) is 1.77. The lowest BCUT2D eigenvalue weighted by Gasteiger charge is -2.21. The van der Waals surface area contributed by atoms with Gasteiger partial charge in [0.25, 0.3) is 0 Å². The zero-order valence-corrected chi connectivity index (χ0v) is 18.9. The van der Waals surface area contributed by atoms with Gasteiger partial charge in [0.2, 0.25) is 0 Å². The molecule has 2 aromatic carbocycles. The lowest BCUT2D eigenvalue weighted by molar-refractivity contribution is -0.0172. The maximum absolute atomic E-state index is 13.9. The van der Waals surface area contributed by atoms with Crippen LogP contribution >= 0.6 is 24.0 Å². The van der Waals surface area contributed by atoms with Crippen LogP contribution in [0, 0.1) is 5.82 Å². The van der Waals surface area contributed by atoms with Crippen LogP contribution in [0.25, 0.3) is 0 Å². The maximum atomic E-state index is 13.9. The summed E-state index contributed by atoms with van der Waals surface area (Å²) < 4.78 is 24.7. The van der Waals surface area contributed by atoms with E-state index in [0.29, 0.717) is 25.5 Å². The summed E-state index contributed by atoms with van der Waals surface area (Å²) in [4.78, 5) is 4.31. The fourth-order valence-corrected chi connectivity index (χ4v) is 4.06. The van der Waals surface area contributed by atoms with E-state index < -0.39 is 0 Å². The highest BCUT2D eigenvalue weighted by Crippen LogP contribution is 2.32. The Hall–Kier alpha value is -1.87. The average molecular weight is 511 g/mol. The van der Waals surface area contributed by atoms with Gasteiger partial charge in [-0.05, 0) is 48.1 Å². The number of nitrogens with one attached hydrogen (secondary N) is 2. The van der Waals surface area contributed by atoms with Gasteiger partial charge in [-0.15, -0.1) is 24.0 Å². The maximum Gasteiger partial charge on any atom is 0.191 e. The summed E-state index contributed by atoms with van der Waals surface area (Å²) in [7, 11) is 1.77. The first kappa shape index (κ1) is 21.8. The van der Waals surface area contributed by atoms with Crippen molar-refractivity contribution in [2.75, 3.05) is 26.9 Å². The molecule has 1 heterocycles. The molecule has 0 spiro atoms. The van der Waals surface area contributed by atoms with Crippen molar-refractivity contribution in [3.8, 4) is 5.75 Å². The molecule has 7 heteroatoms. The summed E-state index contributed by atoms with van der Waals surface area (Å²) in [5, 5.41) is 6.75. The summed E-state index contributed by atoms with van der Waals surface area (Å²) in [6, 6.07) is 11.7. The number of hydrogen-bond donors (Lipinski definition) is 2. The molecule has 1 aliphatic carbocycles. The van der Waals surface area contributed by atoms with E-state index in [9.17, 15) is 4.39 Å². The molecule has 0 radical (unpaired) electrons. The largest absolute Gasteiger partial charge is 0.467 e. The third kappa shape index (κ3) is 5.19. The zero-order valence-electron chi connectivity index (χ0n) is 16.5. The van der Waals surface area contributed by atoms with Gasteiger partial charge >= 0.3 is 0 Å². The minimum absolute atomic E-state index is 0. The third-order valence-electron chi connectivity index (χ3n) is 5.44. The Morgan fingerprint density at radius 1 is 1.21 bits per heavy atom. The molecule has 2 aromatic rings. The van der Waals surface area contributed by atoms with Gasteiger partial charge in [0.1, 0.15) is 11.6 Å². The highest BCUT2D eigenvalue weighted by atomic mass is 127. The number of nitrogens with zero attached hydrogens (tertiary/aromatic N) is 1. The first-order valence-electron chi connectivity index (χ1n) is 9.78. The van der Waals surface area contributed by atoms with Crippen molar-refractivity contribution in [1.82, 2.24) is 10.6 Å². The van der Waals surface area contributed by atoms with Gasteiger partial charge in [-0.3, -0.25) is 4.99 Å². The molecule has 0 saturated carbocycles. The topological polar surface area (TPSA) is 54.9 Å². The van der Waals surface area contributed by atoms with Crippen LogP contribution in [0.3, 0.4) is 0 Å². The van der Waals surface area contributed by atoms with Crippen LogP contribution in [0.4, 0.5) is 4.39 Å². The molecule has 156 valence electrons. The lowest BCUT2D eigenvalue weighted by atomic mass is 10.0. The Balaban J connectivity index is 0.00000240. The summed E-state index contributed by atoms with van der Waals surface area (Å²) >= 11 is 0. The molecule has 29 heavy (non-hydrogen) atoms. The van der Waals surface area contributed by atoms with Gasteiger partial charge in [0, 0.05) is 31.6 Å². The number of ether oxygens (including phenoxy) is 2. The van der Waals surface area contributed by atoms with E-state index in [1.54, 1.807) is 7.05 Å². The number of aliphatic imine (C=N–C) groups is 1. The standard InChI is InChI=1S/C22H26FN3O2.HI/c1-24-22(26-12-17-7-6-15-4-2-3-5-20(15)17)25-9-8-16-10-19(23)11-18-13-27-14-28-21(16)18;/h2-5,10-11,17H,6-9,12-14H2,1H3,(H2,24,25,26);1H. The molecular weight excluding hydrogens is 484 g/mol. The molecule has 5 nitrogen and oxygen atoms in total. The van der Waals surface area contributed by atoms with Gasteiger partial charge in [-0.1, -0.05) is 24.3 Å². The van der Waals surface area contributed by atoms with Crippen molar-refractivity contribution in [3.05, 3.63) is 64.5 Å². The van der Waals surface area contributed by atoms with Crippen LogP contribution in [-0.4, -0.2) is 32.9 Å². The van der Waals surface area contributed by atoms with E-state index in [-0.39, 0.29) is 36.6 Å². The fraction of sp³-hybridized carbons (Fsp3) is 0.409. The van der Waals surface area contributed by atoms with Crippen LogP contribution in [0.2, 0.25) is 0 Å². The van der Waals surface area contributed by atoms with E-state index in [4.69, 9.17) is 9.47 Å². The Kier molecular flexibility index (Phi) is 7.71. The van der Waals surface area contributed by atoms with Crippen molar-refractivity contribution in [2.24, 2.45) is 4.99 Å². The molecule has 0 bridgehead atoms. The normalized spacial score (nSPS) is 17.6. The number of rotatable bonds is 5. The monoisotopic (exact) mass is 511 g/mol. The summed E-state index contributed by atoms with van der Waals surface area (Å²) in [6.07, 6.45) is 2.95. The highest BCUT2D eigenvalue weighted by molar-refractivity contribution is 14.0. The molecule has 2 N–H and O–H groups in total. The fourth-order valence-electron chi connectivity index (χ4n) is 4.06. The van der Waals surface area contributed by atoms with E-state index in [0.717, 1.165) is 42.2 Å².